The van der Waals surface area contributed by atoms with E-state index in [1.54, 1.807) is 6.92 Å². The molecule has 1 heterocycles. The molecule has 0 spiro atoms. The van der Waals surface area contributed by atoms with Gasteiger partial charge in [0.25, 0.3) is 0 Å². The predicted octanol–water partition coefficient (Wildman–Crippen LogP) is 1.93. The zero-order chi connectivity index (χ0) is 9.19. The molecule has 12 heavy (non-hydrogen) atoms. The molecule has 0 aromatic carbocycles. The maximum atomic E-state index is 9.83. The first-order chi connectivity index (χ1) is 5.56. The third-order valence-electron chi connectivity index (χ3n) is 2.40. The molecule has 2 nitrogen and oxygen atoms in total. The zero-order valence-electron chi connectivity index (χ0n) is 7.72. The molecule has 1 aliphatic rings. The first-order valence-corrected chi connectivity index (χ1v) is 4.98. The number of rotatable bonds is 2. The molecular formula is C9H17ClO2. The standard InChI is InChI=1S/C9H17ClO2/c1-3-4-7-5-9(2,11)8(10)6-12-7/h7-8,11H,3-6H2,1-2H3/t7?,8-,9+/m0/s1. The highest BCUT2D eigenvalue weighted by Crippen LogP contribution is 2.30. The molecule has 0 amide bonds. The van der Waals surface area contributed by atoms with Crippen molar-refractivity contribution in [1.29, 1.82) is 0 Å². The van der Waals surface area contributed by atoms with Crippen LogP contribution in [0.2, 0.25) is 0 Å². The molecule has 1 N–H and O–H groups in total. The van der Waals surface area contributed by atoms with Gasteiger partial charge >= 0.3 is 0 Å². The molecule has 1 unspecified atom stereocenters. The molecule has 1 fully saturated rings. The van der Waals surface area contributed by atoms with Crippen LogP contribution in [0.1, 0.15) is 33.1 Å². The molecule has 0 aromatic rings. The fraction of sp³-hybridized carbons (Fsp3) is 1.00. The maximum absolute atomic E-state index is 9.83. The van der Waals surface area contributed by atoms with Crippen LogP contribution in [0.3, 0.4) is 0 Å². The van der Waals surface area contributed by atoms with Gasteiger partial charge in [0.2, 0.25) is 0 Å². The van der Waals surface area contributed by atoms with Crippen molar-refractivity contribution in [2.75, 3.05) is 6.61 Å². The Morgan fingerprint density at radius 2 is 2.33 bits per heavy atom. The van der Waals surface area contributed by atoms with Gasteiger partial charge in [0.15, 0.2) is 0 Å². The molecular weight excluding hydrogens is 176 g/mol. The van der Waals surface area contributed by atoms with Crippen LogP contribution < -0.4 is 0 Å². The van der Waals surface area contributed by atoms with Gasteiger partial charge in [-0.05, 0) is 13.3 Å². The molecule has 0 saturated carbocycles. The zero-order valence-corrected chi connectivity index (χ0v) is 8.47. The van der Waals surface area contributed by atoms with Gasteiger partial charge in [-0.15, -0.1) is 11.6 Å². The van der Waals surface area contributed by atoms with Crippen molar-refractivity contribution in [3.63, 3.8) is 0 Å². The van der Waals surface area contributed by atoms with Crippen LogP contribution in [0.5, 0.6) is 0 Å². The number of hydrogen-bond acceptors (Lipinski definition) is 2. The number of alkyl halides is 1. The summed E-state index contributed by atoms with van der Waals surface area (Å²) >= 11 is 5.90. The minimum absolute atomic E-state index is 0.194. The first-order valence-electron chi connectivity index (χ1n) is 4.54. The highest BCUT2D eigenvalue weighted by atomic mass is 35.5. The lowest BCUT2D eigenvalue weighted by atomic mass is 9.90. The molecule has 3 atom stereocenters. The van der Waals surface area contributed by atoms with E-state index in [0.29, 0.717) is 13.0 Å². The molecule has 0 radical (unpaired) electrons. The molecule has 72 valence electrons. The van der Waals surface area contributed by atoms with Gasteiger partial charge in [-0.1, -0.05) is 13.3 Å². The van der Waals surface area contributed by atoms with Gasteiger partial charge in [-0.25, -0.2) is 0 Å². The van der Waals surface area contributed by atoms with Crippen LogP contribution in [-0.2, 0) is 4.74 Å². The number of halogens is 1. The first kappa shape index (κ1) is 10.3. The Morgan fingerprint density at radius 3 is 2.83 bits per heavy atom. The van der Waals surface area contributed by atoms with Crippen molar-refractivity contribution in [3.8, 4) is 0 Å². The highest BCUT2D eigenvalue weighted by Gasteiger charge is 2.37. The summed E-state index contributed by atoms with van der Waals surface area (Å²) in [5, 5.41) is 9.57. The third-order valence-corrected chi connectivity index (χ3v) is 3.00. The summed E-state index contributed by atoms with van der Waals surface area (Å²) in [4.78, 5) is 0. The maximum Gasteiger partial charge on any atom is 0.0855 e. The number of ether oxygens (including phenoxy) is 1. The van der Waals surface area contributed by atoms with Crippen molar-refractivity contribution < 1.29 is 9.84 Å². The Balaban J connectivity index is 2.45. The lowest BCUT2D eigenvalue weighted by Gasteiger charge is -2.37. The fourth-order valence-electron chi connectivity index (χ4n) is 1.56. The molecule has 1 saturated heterocycles. The van der Waals surface area contributed by atoms with Crippen LogP contribution in [0.25, 0.3) is 0 Å². The molecule has 0 aliphatic carbocycles. The minimum atomic E-state index is -0.750. The van der Waals surface area contributed by atoms with E-state index in [-0.39, 0.29) is 11.5 Å². The molecule has 3 heteroatoms. The summed E-state index contributed by atoms with van der Waals surface area (Å²) in [5.41, 5.74) is -0.750. The lowest BCUT2D eigenvalue weighted by Crippen LogP contribution is -2.47. The summed E-state index contributed by atoms with van der Waals surface area (Å²) in [5.74, 6) is 0. The topological polar surface area (TPSA) is 29.5 Å². The average Bonchev–Trinajstić information content (AvgIpc) is 1.97. The quantitative estimate of drug-likeness (QED) is 0.678. The van der Waals surface area contributed by atoms with E-state index in [2.05, 4.69) is 6.92 Å². The Morgan fingerprint density at radius 1 is 1.67 bits per heavy atom. The van der Waals surface area contributed by atoms with E-state index in [1.165, 1.54) is 0 Å². The summed E-state index contributed by atoms with van der Waals surface area (Å²) < 4.78 is 5.47. The van der Waals surface area contributed by atoms with Gasteiger partial charge in [-0.2, -0.15) is 0 Å². The van der Waals surface area contributed by atoms with E-state index >= 15 is 0 Å². The van der Waals surface area contributed by atoms with Crippen molar-refractivity contribution in [1.82, 2.24) is 0 Å². The summed E-state index contributed by atoms with van der Waals surface area (Å²) in [7, 11) is 0. The molecule has 0 aromatic heterocycles. The van der Waals surface area contributed by atoms with Crippen LogP contribution in [-0.4, -0.2) is 28.8 Å². The molecule has 0 bridgehead atoms. The Hall–Kier alpha value is 0.210. The van der Waals surface area contributed by atoms with Crippen molar-refractivity contribution in [2.45, 2.75) is 50.2 Å². The van der Waals surface area contributed by atoms with E-state index in [1.807, 2.05) is 0 Å². The number of hydrogen-bond donors (Lipinski definition) is 1. The lowest BCUT2D eigenvalue weighted by molar-refractivity contribution is -0.0917. The van der Waals surface area contributed by atoms with Gasteiger partial charge in [0.05, 0.1) is 23.7 Å². The van der Waals surface area contributed by atoms with Gasteiger partial charge in [0, 0.05) is 6.42 Å². The van der Waals surface area contributed by atoms with Gasteiger partial charge in [-0.3, -0.25) is 0 Å². The van der Waals surface area contributed by atoms with Crippen molar-refractivity contribution >= 4 is 11.6 Å². The van der Waals surface area contributed by atoms with E-state index in [9.17, 15) is 5.11 Å². The Bertz CT molecular complexity index is 147. The Labute approximate surface area is 78.9 Å². The van der Waals surface area contributed by atoms with Crippen molar-refractivity contribution in [2.24, 2.45) is 0 Å². The normalized spacial score (nSPS) is 43.0. The summed E-state index contributed by atoms with van der Waals surface area (Å²) in [6, 6.07) is 0. The van der Waals surface area contributed by atoms with Gasteiger partial charge < -0.3 is 9.84 Å². The van der Waals surface area contributed by atoms with Crippen molar-refractivity contribution in [3.05, 3.63) is 0 Å². The monoisotopic (exact) mass is 192 g/mol. The SMILES string of the molecule is CCCC1C[C@@](C)(O)[C@@H](Cl)CO1. The largest absolute Gasteiger partial charge is 0.388 e. The van der Waals surface area contributed by atoms with Crippen LogP contribution in [0.15, 0.2) is 0 Å². The summed E-state index contributed by atoms with van der Waals surface area (Å²) in [6.07, 6.45) is 2.96. The minimum Gasteiger partial charge on any atom is -0.388 e. The van der Waals surface area contributed by atoms with E-state index in [0.717, 1.165) is 12.8 Å². The fourth-order valence-corrected chi connectivity index (χ4v) is 1.72. The van der Waals surface area contributed by atoms with E-state index < -0.39 is 5.60 Å². The third kappa shape index (κ3) is 2.35. The molecule has 1 rings (SSSR count). The van der Waals surface area contributed by atoms with E-state index in [4.69, 9.17) is 16.3 Å². The second-order valence-corrected chi connectivity index (χ2v) is 4.30. The Kier molecular flexibility index (Phi) is 3.38. The van der Waals surface area contributed by atoms with Crippen LogP contribution in [0.4, 0.5) is 0 Å². The van der Waals surface area contributed by atoms with Crippen LogP contribution in [0, 0.1) is 0 Å². The predicted molar refractivity (Wildman–Crippen MR) is 49.5 cm³/mol. The van der Waals surface area contributed by atoms with Gasteiger partial charge in [0.1, 0.15) is 0 Å². The molecule has 1 aliphatic heterocycles. The smallest absolute Gasteiger partial charge is 0.0855 e. The second-order valence-electron chi connectivity index (χ2n) is 3.77. The second kappa shape index (κ2) is 3.95. The number of aliphatic hydroxyl groups is 1. The average molecular weight is 193 g/mol. The highest BCUT2D eigenvalue weighted by molar-refractivity contribution is 6.21. The van der Waals surface area contributed by atoms with Crippen LogP contribution >= 0.6 is 11.6 Å². The summed E-state index contributed by atoms with van der Waals surface area (Å²) in [6.45, 7) is 4.37.